The van der Waals surface area contributed by atoms with Crippen LogP contribution >= 0.6 is 11.6 Å². The number of nitrogens with zero attached hydrogens (tertiary/aromatic N) is 1. The Morgan fingerprint density at radius 2 is 1.86 bits per heavy atom. The van der Waals surface area contributed by atoms with Crippen molar-refractivity contribution >= 4 is 11.6 Å². The smallest absolute Gasteiger partial charge is 0.126 e. The number of hydrogen-bond donors (Lipinski definition) is 1. The zero-order chi connectivity index (χ0) is 16.0. The van der Waals surface area contributed by atoms with E-state index in [9.17, 15) is 4.39 Å². The van der Waals surface area contributed by atoms with E-state index in [1.165, 1.54) is 6.07 Å². The van der Waals surface area contributed by atoms with Crippen LogP contribution in [0.1, 0.15) is 39.2 Å². The van der Waals surface area contributed by atoms with Crippen molar-refractivity contribution in [2.24, 2.45) is 0 Å². The van der Waals surface area contributed by atoms with Gasteiger partial charge in [0.05, 0.1) is 0 Å². The average molecular weight is 315 g/mol. The van der Waals surface area contributed by atoms with Gasteiger partial charge in [0.25, 0.3) is 0 Å². The Morgan fingerprint density at radius 1 is 1.24 bits per heavy atom. The molecule has 0 amide bonds. The largest absolute Gasteiger partial charge is 0.312 e. The minimum atomic E-state index is -0.179. The second-order valence-corrected chi connectivity index (χ2v) is 6.19. The lowest BCUT2D eigenvalue weighted by atomic mass is 9.80. The summed E-state index contributed by atoms with van der Waals surface area (Å²) in [6.07, 6.45) is 2.66. The van der Waals surface area contributed by atoms with Gasteiger partial charge >= 0.3 is 0 Å². The predicted molar refractivity (Wildman–Crippen MR) is 89.6 cm³/mol. The Kier molecular flexibility index (Phi) is 7.11. The van der Waals surface area contributed by atoms with Crippen LogP contribution in [0.15, 0.2) is 18.2 Å². The summed E-state index contributed by atoms with van der Waals surface area (Å²) in [6, 6.07) is 4.98. The first-order valence-electron chi connectivity index (χ1n) is 7.76. The number of benzene rings is 1. The molecular formula is C17H28ClFN2. The van der Waals surface area contributed by atoms with Gasteiger partial charge in [0, 0.05) is 16.6 Å². The second-order valence-electron chi connectivity index (χ2n) is 5.76. The molecule has 120 valence electrons. The zero-order valence-corrected chi connectivity index (χ0v) is 14.6. The molecule has 0 radical (unpaired) electrons. The summed E-state index contributed by atoms with van der Waals surface area (Å²) in [5.74, 6) is -0.179. The van der Waals surface area contributed by atoms with E-state index in [-0.39, 0.29) is 17.4 Å². The zero-order valence-electron chi connectivity index (χ0n) is 13.8. The molecule has 1 atom stereocenters. The number of rotatable bonds is 8. The third-order valence-corrected chi connectivity index (χ3v) is 4.88. The number of likely N-dealkylation sites (N-methyl/N-ethyl adjacent to an activating group) is 2. The van der Waals surface area contributed by atoms with Crippen molar-refractivity contribution < 1.29 is 4.39 Å². The minimum Gasteiger partial charge on any atom is -0.312 e. The van der Waals surface area contributed by atoms with Gasteiger partial charge < -0.3 is 10.2 Å². The maximum absolute atomic E-state index is 14.1. The van der Waals surface area contributed by atoms with Gasteiger partial charge in [-0.05, 0) is 63.7 Å². The number of hydrogen-bond acceptors (Lipinski definition) is 2. The molecule has 0 fully saturated rings. The van der Waals surface area contributed by atoms with E-state index in [2.05, 4.69) is 45.1 Å². The van der Waals surface area contributed by atoms with Crippen LogP contribution in [0.4, 0.5) is 4.39 Å². The van der Waals surface area contributed by atoms with E-state index < -0.39 is 0 Å². The van der Waals surface area contributed by atoms with E-state index >= 15 is 0 Å². The molecule has 0 bridgehead atoms. The fourth-order valence-electron chi connectivity index (χ4n) is 3.31. The van der Waals surface area contributed by atoms with E-state index in [4.69, 9.17) is 11.6 Å². The molecule has 0 saturated heterocycles. The first-order chi connectivity index (χ1) is 9.91. The molecule has 21 heavy (non-hydrogen) atoms. The molecular weight excluding hydrogens is 287 g/mol. The van der Waals surface area contributed by atoms with Gasteiger partial charge in [-0.2, -0.15) is 0 Å². The van der Waals surface area contributed by atoms with Crippen LogP contribution < -0.4 is 5.32 Å². The highest BCUT2D eigenvalue weighted by Crippen LogP contribution is 2.29. The molecule has 1 aromatic carbocycles. The number of nitrogens with one attached hydrogen (secondary N) is 1. The van der Waals surface area contributed by atoms with Crippen molar-refractivity contribution in [2.75, 3.05) is 20.6 Å². The molecule has 0 aliphatic heterocycles. The van der Waals surface area contributed by atoms with Gasteiger partial charge in [-0.15, -0.1) is 0 Å². The quantitative estimate of drug-likeness (QED) is 0.776. The molecule has 1 N–H and O–H groups in total. The summed E-state index contributed by atoms with van der Waals surface area (Å²) in [5, 5.41) is 4.14. The van der Waals surface area contributed by atoms with Crippen molar-refractivity contribution in [3.8, 4) is 0 Å². The Bertz CT molecular complexity index is 444. The fourth-order valence-corrected chi connectivity index (χ4v) is 3.50. The third-order valence-electron chi connectivity index (χ3n) is 4.65. The van der Waals surface area contributed by atoms with Crippen LogP contribution in [-0.2, 0) is 6.42 Å². The summed E-state index contributed by atoms with van der Waals surface area (Å²) < 4.78 is 14.1. The van der Waals surface area contributed by atoms with Crippen molar-refractivity contribution in [2.45, 2.75) is 51.6 Å². The average Bonchev–Trinajstić information content (AvgIpc) is 2.44. The Hall–Kier alpha value is -0.640. The van der Waals surface area contributed by atoms with Crippen LogP contribution in [0.5, 0.6) is 0 Å². The molecule has 1 unspecified atom stereocenters. The van der Waals surface area contributed by atoms with Crippen LogP contribution in [0.3, 0.4) is 0 Å². The molecule has 2 nitrogen and oxygen atoms in total. The van der Waals surface area contributed by atoms with Gasteiger partial charge in [0.1, 0.15) is 5.82 Å². The highest BCUT2D eigenvalue weighted by Gasteiger charge is 2.37. The van der Waals surface area contributed by atoms with E-state index in [0.717, 1.165) is 19.4 Å². The van der Waals surface area contributed by atoms with Gasteiger partial charge in [-0.3, -0.25) is 0 Å². The normalized spacial score (nSPS) is 13.7. The van der Waals surface area contributed by atoms with Gasteiger partial charge in [-0.1, -0.05) is 32.4 Å². The van der Waals surface area contributed by atoms with Crippen molar-refractivity contribution in [1.29, 1.82) is 0 Å². The highest BCUT2D eigenvalue weighted by atomic mass is 35.5. The molecule has 1 aromatic rings. The van der Waals surface area contributed by atoms with Gasteiger partial charge in [-0.25, -0.2) is 4.39 Å². The molecule has 1 rings (SSSR count). The Morgan fingerprint density at radius 3 is 2.33 bits per heavy atom. The van der Waals surface area contributed by atoms with E-state index in [1.807, 2.05) is 0 Å². The van der Waals surface area contributed by atoms with Crippen LogP contribution in [0.25, 0.3) is 0 Å². The monoisotopic (exact) mass is 314 g/mol. The number of halogens is 2. The van der Waals surface area contributed by atoms with Gasteiger partial charge in [0.2, 0.25) is 0 Å². The molecule has 0 heterocycles. The Balaban J connectivity index is 3.13. The van der Waals surface area contributed by atoms with Crippen molar-refractivity contribution in [3.05, 3.63) is 34.6 Å². The Labute approximate surface area is 133 Å². The summed E-state index contributed by atoms with van der Waals surface area (Å²) >= 11 is 6.02. The SMILES string of the molecule is CCNC(Cc1cc(Cl)ccc1F)C(CC)(CC)N(C)C. The standard InChI is InChI=1S/C17H28ClFN2/c1-6-17(7-2,21(4)5)16(20-8-3)12-13-11-14(18)9-10-15(13)19/h9-11,16,20H,6-8,12H2,1-5H3. The van der Waals surface area contributed by atoms with Crippen molar-refractivity contribution in [3.63, 3.8) is 0 Å². The molecule has 0 aliphatic carbocycles. The summed E-state index contributed by atoms with van der Waals surface area (Å²) in [4.78, 5) is 2.27. The first kappa shape index (κ1) is 18.4. The predicted octanol–water partition coefficient (Wildman–Crippen LogP) is 4.12. The maximum atomic E-state index is 14.1. The lowest BCUT2D eigenvalue weighted by Gasteiger charge is -2.45. The molecule has 0 aliphatic rings. The van der Waals surface area contributed by atoms with Crippen LogP contribution in [0, 0.1) is 5.82 Å². The summed E-state index contributed by atoms with van der Waals surface area (Å²) in [7, 11) is 4.21. The maximum Gasteiger partial charge on any atom is 0.126 e. The van der Waals surface area contributed by atoms with Gasteiger partial charge in [0.15, 0.2) is 0 Å². The molecule has 0 aromatic heterocycles. The first-order valence-corrected chi connectivity index (χ1v) is 8.13. The molecule has 0 saturated carbocycles. The van der Waals surface area contributed by atoms with E-state index in [1.54, 1.807) is 12.1 Å². The van der Waals surface area contributed by atoms with Crippen LogP contribution in [-0.4, -0.2) is 37.1 Å². The molecule has 0 spiro atoms. The highest BCUT2D eigenvalue weighted by molar-refractivity contribution is 6.30. The second kappa shape index (κ2) is 8.11. The summed E-state index contributed by atoms with van der Waals surface area (Å²) in [5.41, 5.74) is 0.687. The lowest BCUT2D eigenvalue weighted by Crippen LogP contribution is -2.59. The minimum absolute atomic E-state index is 0.00473. The lowest BCUT2D eigenvalue weighted by molar-refractivity contribution is 0.0885. The van der Waals surface area contributed by atoms with E-state index in [0.29, 0.717) is 17.0 Å². The summed E-state index contributed by atoms with van der Waals surface area (Å²) in [6.45, 7) is 7.35. The topological polar surface area (TPSA) is 15.3 Å². The fraction of sp³-hybridized carbons (Fsp3) is 0.647. The van der Waals surface area contributed by atoms with Crippen molar-refractivity contribution in [1.82, 2.24) is 10.2 Å². The third kappa shape index (κ3) is 4.18. The molecule has 4 heteroatoms. The van der Waals surface area contributed by atoms with Crippen LogP contribution in [0.2, 0.25) is 5.02 Å².